The number of carbonyl (C=O) groups excluding carboxylic acids is 1. The van der Waals surface area contributed by atoms with E-state index in [1.807, 2.05) is 28.1 Å². The molecular formula is C20H17BrN4O2S2. The summed E-state index contributed by atoms with van der Waals surface area (Å²) in [5, 5.41) is 15.1. The molecule has 0 atom stereocenters. The standard InChI is InChI=1S/C20H17BrN4O2S2/c21-11-6-7-14-13(10-11)15(17(26)23-14)16-18(27)25(12-4-2-1-3-5-12)20(29-16)24-19-22-8-9-28-19/h6-10,12,27H,1-5H2/b24-20+. The number of hydrogen-bond donors (Lipinski definition) is 1. The lowest BCUT2D eigenvalue weighted by Gasteiger charge is -2.23. The van der Waals surface area contributed by atoms with Gasteiger partial charge in [-0.3, -0.25) is 9.36 Å². The van der Waals surface area contributed by atoms with Crippen LogP contribution < -0.4 is 15.4 Å². The van der Waals surface area contributed by atoms with Gasteiger partial charge in [0.1, 0.15) is 4.88 Å². The van der Waals surface area contributed by atoms with Crippen LogP contribution in [0.3, 0.4) is 0 Å². The molecule has 1 aliphatic heterocycles. The van der Waals surface area contributed by atoms with E-state index in [9.17, 15) is 9.90 Å². The van der Waals surface area contributed by atoms with Crippen molar-refractivity contribution in [1.82, 2.24) is 9.55 Å². The van der Waals surface area contributed by atoms with E-state index in [0.29, 0.717) is 25.7 Å². The molecule has 1 N–H and O–H groups in total. The van der Waals surface area contributed by atoms with Gasteiger partial charge < -0.3 is 5.11 Å². The molecule has 0 bridgehead atoms. The summed E-state index contributed by atoms with van der Waals surface area (Å²) in [6.07, 6.45) is 7.16. The molecule has 1 aliphatic carbocycles. The summed E-state index contributed by atoms with van der Waals surface area (Å²) in [5.74, 6) is -0.227. The normalized spacial score (nSPS) is 17.6. The highest BCUT2D eigenvalue weighted by molar-refractivity contribution is 9.10. The molecule has 3 aromatic rings. The molecule has 5 rings (SSSR count). The number of nitrogens with zero attached hydrogens (tertiary/aromatic N) is 4. The molecule has 1 saturated carbocycles. The van der Waals surface area contributed by atoms with E-state index in [1.165, 1.54) is 29.1 Å². The highest BCUT2D eigenvalue weighted by atomic mass is 79.9. The fourth-order valence-corrected chi connectivity index (χ4v) is 6.01. The zero-order chi connectivity index (χ0) is 20.0. The molecule has 6 nitrogen and oxygen atoms in total. The molecule has 29 heavy (non-hydrogen) atoms. The highest BCUT2D eigenvalue weighted by Gasteiger charge is 2.28. The topological polar surface area (TPSA) is 79.8 Å². The van der Waals surface area contributed by atoms with E-state index in [4.69, 9.17) is 4.99 Å². The second-order valence-electron chi connectivity index (χ2n) is 7.08. The molecule has 1 aromatic carbocycles. The van der Waals surface area contributed by atoms with Crippen LogP contribution in [0.15, 0.2) is 44.2 Å². The van der Waals surface area contributed by atoms with Gasteiger partial charge in [0, 0.05) is 27.3 Å². The second-order valence-corrected chi connectivity index (χ2v) is 9.85. The van der Waals surface area contributed by atoms with Crippen molar-refractivity contribution in [2.75, 3.05) is 0 Å². The van der Waals surface area contributed by atoms with Crippen LogP contribution in [0.5, 0.6) is 5.88 Å². The quantitative estimate of drug-likeness (QED) is 0.611. The number of aromatic hydroxyl groups is 1. The number of aromatic nitrogens is 2. The van der Waals surface area contributed by atoms with E-state index < -0.39 is 0 Å². The van der Waals surface area contributed by atoms with Gasteiger partial charge in [0.2, 0.25) is 11.0 Å². The van der Waals surface area contributed by atoms with Crippen LogP contribution in [-0.2, 0) is 4.79 Å². The van der Waals surface area contributed by atoms with Gasteiger partial charge in [-0.05, 0) is 31.0 Å². The van der Waals surface area contributed by atoms with Crippen molar-refractivity contribution in [3.8, 4) is 5.88 Å². The Kier molecular flexibility index (Phi) is 4.97. The Morgan fingerprint density at radius 2 is 2.07 bits per heavy atom. The van der Waals surface area contributed by atoms with Crippen molar-refractivity contribution in [2.24, 2.45) is 9.98 Å². The van der Waals surface area contributed by atoms with Crippen molar-refractivity contribution in [2.45, 2.75) is 38.1 Å². The first-order chi connectivity index (χ1) is 14.1. The van der Waals surface area contributed by atoms with E-state index in [0.717, 1.165) is 35.4 Å². The van der Waals surface area contributed by atoms with Gasteiger partial charge in [-0.2, -0.15) is 4.99 Å². The van der Waals surface area contributed by atoms with Crippen molar-refractivity contribution in [3.63, 3.8) is 0 Å². The third kappa shape index (κ3) is 3.41. The lowest BCUT2D eigenvalue weighted by atomic mass is 9.95. The largest absolute Gasteiger partial charge is 0.493 e. The number of benzene rings is 1. The summed E-state index contributed by atoms with van der Waals surface area (Å²) in [5.41, 5.74) is 0.439. The average Bonchev–Trinajstić information content (AvgIpc) is 3.41. The first-order valence-electron chi connectivity index (χ1n) is 9.43. The minimum absolute atomic E-state index is 0.101. The Balaban J connectivity index is 1.77. The van der Waals surface area contributed by atoms with E-state index in [-0.39, 0.29) is 17.8 Å². The lowest BCUT2D eigenvalue weighted by molar-refractivity contribution is -0.112. The van der Waals surface area contributed by atoms with Gasteiger partial charge in [-0.25, -0.2) is 9.98 Å². The fraction of sp³-hybridized carbons (Fsp3) is 0.300. The van der Waals surface area contributed by atoms with Crippen LogP contribution in [-0.4, -0.2) is 20.6 Å². The maximum Gasteiger partial charge on any atom is 0.279 e. The van der Waals surface area contributed by atoms with Gasteiger partial charge in [-0.15, -0.1) is 11.3 Å². The fourth-order valence-electron chi connectivity index (χ4n) is 3.95. The molecule has 2 aliphatic rings. The smallest absolute Gasteiger partial charge is 0.279 e. The first-order valence-corrected chi connectivity index (χ1v) is 11.9. The molecule has 0 saturated heterocycles. The summed E-state index contributed by atoms with van der Waals surface area (Å²) in [6.45, 7) is 0. The first kappa shape index (κ1) is 18.9. The van der Waals surface area contributed by atoms with Crippen molar-refractivity contribution in [1.29, 1.82) is 0 Å². The van der Waals surface area contributed by atoms with Crippen molar-refractivity contribution in [3.05, 3.63) is 54.5 Å². The molecule has 1 amide bonds. The minimum Gasteiger partial charge on any atom is -0.493 e. The summed E-state index contributed by atoms with van der Waals surface area (Å²) in [7, 11) is 0. The predicted molar refractivity (Wildman–Crippen MR) is 116 cm³/mol. The maximum absolute atomic E-state index is 12.7. The number of hydrogen-bond acceptors (Lipinski definition) is 6. The van der Waals surface area contributed by atoms with Gasteiger partial charge >= 0.3 is 0 Å². The molecule has 1 fully saturated rings. The molecule has 148 valence electrons. The Labute approximate surface area is 182 Å². The van der Waals surface area contributed by atoms with Gasteiger partial charge in [0.05, 0.1) is 10.9 Å². The summed E-state index contributed by atoms with van der Waals surface area (Å²) in [4.78, 5) is 27.1. The molecule has 2 aromatic heterocycles. The third-order valence-electron chi connectivity index (χ3n) is 5.27. The van der Waals surface area contributed by atoms with E-state index >= 15 is 0 Å². The number of amides is 1. The van der Waals surface area contributed by atoms with Crippen LogP contribution in [0.4, 0.5) is 5.13 Å². The number of thiazole rings is 2. The summed E-state index contributed by atoms with van der Waals surface area (Å²) >= 11 is 6.24. The molecule has 0 unspecified atom stereocenters. The number of rotatable bonds is 3. The molecule has 9 heteroatoms. The van der Waals surface area contributed by atoms with Crippen LogP contribution in [0.2, 0.25) is 0 Å². The molecule has 0 radical (unpaired) electrons. The van der Waals surface area contributed by atoms with Crippen LogP contribution >= 0.6 is 38.6 Å². The number of halogens is 1. The SMILES string of the molecule is O=C1N=c2ccc(Br)cc2=C1c1s/c(=N/c2nccs2)n(C2CCCCC2)c1O. The van der Waals surface area contributed by atoms with Crippen LogP contribution in [0.1, 0.15) is 43.0 Å². The molecule has 0 spiro atoms. The number of carbonyl (C=O) groups is 1. The highest BCUT2D eigenvalue weighted by Crippen LogP contribution is 2.36. The van der Waals surface area contributed by atoms with Gasteiger partial charge in [0.25, 0.3) is 5.91 Å². The Hall–Kier alpha value is -2.10. The number of fused-ring (bicyclic) bond motifs is 1. The predicted octanol–water partition coefficient (Wildman–Crippen LogP) is 3.57. The third-order valence-corrected chi connectivity index (χ3v) is 7.49. The van der Waals surface area contributed by atoms with Crippen LogP contribution in [0, 0.1) is 0 Å². The Morgan fingerprint density at radius 3 is 2.83 bits per heavy atom. The van der Waals surface area contributed by atoms with Crippen molar-refractivity contribution < 1.29 is 9.90 Å². The van der Waals surface area contributed by atoms with Crippen molar-refractivity contribution >= 4 is 55.2 Å². The molecule has 3 heterocycles. The lowest BCUT2D eigenvalue weighted by Crippen LogP contribution is -2.23. The average molecular weight is 489 g/mol. The zero-order valence-electron chi connectivity index (χ0n) is 15.3. The minimum atomic E-state index is -0.328. The van der Waals surface area contributed by atoms with E-state index in [1.54, 1.807) is 6.20 Å². The molecular weight excluding hydrogens is 472 g/mol. The van der Waals surface area contributed by atoms with Crippen LogP contribution in [0.25, 0.3) is 5.57 Å². The summed E-state index contributed by atoms with van der Waals surface area (Å²) < 4.78 is 2.76. The Bertz CT molecular complexity index is 1280. The van der Waals surface area contributed by atoms with Gasteiger partial charge in [0.15, 0.2) is 4.80 Å². The monoisotopic (exact) mass is 488 g/mol. The van der Waals surface area contributed by atoms with E-state index in [2.05, 4.69) is 25.9 Å². The van der Waals surface area contributed by atoms with Gasteiger partial charge in [-0.1, -0.05) is 46.5 Å². The summed E-state index contributed by atoms with van der Waals surface area (Å²) in [6, 6.07) is 5.72. The Morgan fingerprint density at radius 1 is 1.24 bits per heavy atom. The zero-order valence-corrected chi connectivity index (χ0v) is 18.6. The maximum atomic E-state index is 12.7. The second kappa shape index (κ2) is 7.62.